The van der Waals surface area contributed by atoms with Crippen LogP contribution in [0.3, 0.4) is 0 Å². The quantitative estimate of drug-likeness (QED) is 0.682. The number of nitrogen functional groups attached to an aromatic ring is 1. The van der Waals surface area contributed by atoms with E-state index in [9.17, 15) is 9.59 Å². The second-order valence-electron chi connectivity index (χ2n) is 5.02. The third kappa shape index (κ3) is 3.23. The van der Waals surface area contributed by atoms with Crippen molar-refractivity contribution >= 4 is 17.6 Å². The van der Waals surface area contributed by atoms with Crippen molar-refractivity contribution in [3.63, 3.8) is 0 Å². The van der Waals surface area contributed by atoms with Gasteiger partial charge in [-0.3, -0.25) is 9.59 Å². The zero-order chi connectivity index (χ0) is 14.5. The molecule has 1 heterocycles. The molecule has 1 aliphatic carbocycles. The molecule has 2 rings (SSSR count). The first-order valence-electron chi connectivity index (χ1n) is 6.76. The maximum Gasteiger partial charge on any atom is 0.273 e. The lowest BCUT2D eigenvalue weighted by atomic mass is 9.94. The third-order valence-corrected chi connectivity index (χ3v) is 3.64. The van der Waals surface area contributed by atoms with Gasteiger partial charge in [0.25, 0.3) is 5.91 Å². The lowest BCUT2D eigenvalue weighted by Gasteiger charge is -2.23. The highest BCUT2D eigenvalue weighted by Gasteiger charge is 2.30. The number of amides is 2. The second kappa shape index (κ2) is 6.31. The molecule has 1 saturated carbocycles. The van der Waals surface area contributed by atoms with Gasteiger partial charge in [-0.25, -0.2) is 9.97 Å². The summed E-state index contributed by atoms with van der Waals surface area (Å²) in [6.45, 7) is 0. The molecule has 7 nitrogen and oxygen atoms in total. The summed E-state index contributed by atoms with van der Waals surface area (Å²) in [7, 11) is 0. The summed E-state index contributed by atoms with van der Waals surface area (Å²) in [5.41, 5.74) is 11.1. The van der Waals surface area contributed by atoms with E-state index in [1.54, 1.807) is 0 Å². The molecule has 0 radical (unpaired) electrons. The maximum absolute atomic E-state index is 12.2. The number of nitrogens with zero attached hydrogens (tertiary/aromatic N) is 2. The summed E-state index contributed by atoms with van der Waals surface area (Å²) in [5, 5.41) is 2.83. The lowest BCUT2D eigenvalue weighted by Crippen LogP contribution is -2.45. The number of carbonyl (C=O) groups excluding carboxylic acids is 2. The number of aromatic nitrogens is 2. The van der Waals surface area contributed by atoms with Gasteiger partial charge in [0.2, 0.25) is 5.91 Å². The summed E-state index contributed by atoms with van der Waals surface area (Å²) in [4.78, 5) is 31.4. The van der Waals surface area contributed by atoms with Crippen LogP contribution in [-0.4, -0.2) is 27.8 Å². The smallest absolute Gasteiger partial charge is 0.273 e. The minimum atomic E-state index is -0.409. The molecular formula is C13H19N5O2. The van der Waals surface area contributed by atoms with Crippen molar-refractivity contribution in [3.05, 3.63) is 18.1 Å². The third-order valence-electron chi connectivity index (χ3n) is 3.64. The normalized spacial score (nSPS) is 22.8. The molecule has 0 bridgehead atoms. The molecule has 20 heavy (non-hydrogen) atoms. The molecule has 0 spiro atoms. The average Bonchev–Trinajstić information content (AvgIpc) is 2.64. The Kier molecular flexibility index (Phi) is 4.49. The molecule has 1 aromatic heterocycles. The Labute approximate surface area is 117 Å². The first-order valence-corrected chi connectivity index (χ1v) is 6.76. The summed E-state index contributed by atoms with van der Waals surface area (Å²) in [5.74, 6) is -1.04. The number of rotatable bonds is 3. The molecule has 5 N–H and O–H groups in total. The average molecular weight is 277 g/mol. The fraction of sp³-hybridized carbons (Fsp3) is 0.538. The molecule has 0 unspecified atom stereocenters. The highest BCUT2D eigenvalue weighted by molar-refractivity contribution is 5.96. The number of nitrogens with one attached hydrogen (secondary N) is 1. The van der Waals surface area contributed by atoms with Crippen molar-refractivity contribution in [2.24, 2.45) is 11.7 Å². The summed E-state index contributed by atoms with van der Waals surface area (Å²) < 4.78 is 0. The molecule has 108 valence electrons. The molecule has 1 aliphatic rings. The number of anilines is 1. The Morgan fingerprint density at radius 3 is 2.55 bits per heavy atom. The van der Waals surface area contributed by atoms with Crippen LogP contribution in [0.1, 0.15) is 42.6 Å². The zero-order valence-corrected chi connectivity index (χ0v) is 11.2. The first-order chi connectivity index (χ1) is 9.59. The van der Waals surface area contributed by atoms with Crippen molar-refractivity contribution in [2.45, 2.75) is 38.1 Å². The number of hydrogen-bond acceptors (Lipinski definition) is 5. The summed E-state index contributed by atoms with van der Waals surface area (Å²) in [6.07, 6.45) is 7.23. The SMILES string of the molecule is NC(=O)[C@@H]1CCCCC[C@H]1NC(=O)c1nccnc1N. The van der Waals surface area contributed by atoms with Crippen LogP contribution in [0, 0.1) is 5.92 Å². The number of hydrogen-bond donors (Lipinski definition) is 3. The number of nitrogens with two attached hydrogens (primary N) is 2. The fourth-order valence-electron chi connectivity index (χ4n) is 2.58. The molecule has 1 fully saturated rings. The van der Waals surface area contributed by atoms with E-state index in [1.807, 2.05) is 0 Å². The van der Waals surface area contributed by atoms with E-state index in [0.717, 1.165) is 25.7 Å². The van der Waals surface area contributed by atoms with Gasteiger partial charge in [-0.1, -0.05) is 19.3 Å². The Morgan fingerprint density at radius 1 is 1.15 bits per heavy atom. The monoisotopic (exact) mass is 277 g/mol. The van der Waals surface area contributed by atoms with E-state index in [-0.39, 0.29) is 29.4 Å². The van der Waals surface area contributed by atoms with Crippen molar-refractivity contribution < 1.29 is 9.59 Å². The van der Waals surface area contributed by atoms with E-state index in [4.69, 9.17) is 11.5 Å². The van der Waals surface area contributed by atoms with Crippen molar-refractivity contribution in [2.75, 3.05) is 5.73 Å². The Balaban J connectivity index is 2.12. The van der Waals surface area contributed by atoms with Crippen LogP contribution in [0.5, 0.6) is 0 Å². The molecule has 1 aromatic rings. The van der Waals surface area contributed by atoms with E-state index in [1.165, 1.54) is 12.4 Å². The minimum Gasteiger partial charge on any atom is -0.382 e. The van der Waals surface area contributed by atoms with Gasteiger partial charge in [-0.15, -0.1) is 0 Å². The van der Waals surface area contributed by atoms with Gasteiger partial charge >= 0.3 is 0 Å². The summed E-state index contributed by atoms with van der Waals surface area (Å²) >= 11 is 0. The van der Waals surface area contributed by atoms with Crippen LogP contribution in [0.25, 0.3) is 0 Å². The van der Waals surface area contributed by atoms with Gasteiger partial charge in [0, 0.05) is 18.4 Å². The fourth-order valence-corrected chi connectivity index (χ4v) is 2.58. The first kappa shape index (κ1) is 14.2. The second-order valence-corrected chi connectivity index (χ2v) is 5.02. The van der Waals surface area contributed by atoms with E-state index in [2.05, 4.69) is 15.3 Å². The van der Waals surface area contributed by atoms with Gasteiger partial charge in [0.05, 0.1) is 5.92 Å². The van der Waals surface area contributed by atoms with Crippen LogP contribution in [0.4, 0.5) is 5.82 Å². The predicted molar refractivity (Wildman–Crippen MR) is 73.5 cm³/mol. The number of primary amides is 1. The Morgan fingerprint density at radius 2 is 1.85 bits per heavy atom. The van der Waals surface area contributed by atoms with Crippen LogP contribution in [0.15, 0.2) is 12.4 Å². The molecule has 0 aromatic carbocycles. The van der Waals surface area contributed by atoms with E-state index < -0.39 is 5.91 Å². The summed E-state index contributed by atoms with van der Waals surface area (Å²) in [6, 6.07) is -0.260. The van der Waals surface area contributed by atoms with Crippen LogP contribution < -0.4 is 16.8 Å². The van der Waals surface area contributed by atoms with Crippen molar-refractivity contribution in [1.29, 1.82) is 0 Å². The largest absolute Gasteiger partial charge is 0.382 e. The lowest BCUT2D eigenvalue weighted by molar-refractivity contribution is -0.122. The van der Waals surface area contributed by atoms with Crippen LogP contribution >= 0.6 is 0 Å². The van der Waals surface area contributed by atoms with Gasteiger partial charge in [-0.05, 0) is 12.8 Å². The standard InChI is InChI=1S/C13H19N5O2/c14-11-10(16-6-7-17-11)13(20)18-9-5-3-1-2-4-8(9)12(15)19/h6-9H,1-5H2,(H2,14,17)(H2,15,19)(H,18,20)/t8-,9-/m1/s1. The zero-order valence-electron chi connectivity index (χ0n) is 11.2. The Hall–Kier alpha value is -2.18. The van der Waals surface area contributed by atoms with Crippen molar-refractivity contribution in [3.8, 4) is 0 Å². The van der Waals surface area contributed by atoms with Gasteiger partial charge < -0.3 is 16.8 Å². The molecule has 2 atom stereocenters. The molecule has 7 heteroatoms. The molecule has 0 aliphatic heterocycles. The minimum absolute atomic E-state index is 0.0780. The molecular weight excluding hydrogens is 258 g/mol. The highest BCUT2D eigenvalue weighted by Crippen LogP contribution is 2.23. The topological polar surface area (TPSA) is 124 Å². The molecule has 2 amide bonds. The van der Waals surface area contributed by atoms with Crippen LogP contribution in [-0.2, 0) is 4.79 Å². The van der Waals surface area contributed by atoms with E-state index >= 15 is 0 Å². The number of carbonyl (C=O) groups is 2. The Bertz CT molecular complexity index is 505. The van der Waals surface area contributed by atoms with Crippen LogP contribution in [0.2, 0.25) is 0 Å². The highest BCUT2D eigenvalue weighted by atomic mass is 16.2. The van der Waals surface area contributed by atoms with Gasteiger partial charge in [0.1, 0.15) is 0 Å². The van der Waals surface area contributed by atoms with Crippen molar-refractivity contribution in [1.82, 2.24) is 15.3 Å². The maximum atomic E-state index is 12.2. The predicted octanol–water partition coefficient (Wildman–Crippen LogP) is 0.223. The van der Waals surface area contributed by atoms with Gasteiger partial charge in [0.15, 0.2) is 11.5 Å². The van der Waals surface area contributed by atoms with Gasteiger partial charge in [-0.2, -0.15) is 0 Å². The van der Waals surface area contributed by atoms with E-state index in [0.29, 0.717) is 6.42 Å². The molecule has 0 saturated heterocycles.